The quantitative estimate of drug-likeness (QED) is 0.341. The molecule has 3 nitrogen and oxygen atoms in total. The normalized spacial score (nSPS) is 19.1. The number of oxime groups is 1. The van der Waals surface area contributed by atoms with E-state index in [1.54, 1.807) is 0 Å². The number of hydrogen-bond acceptors (Lipinski definition) is 3. The zero-order valence-corrected chi connectivity index (χ0v) is 15.6. The van der Waals surface area contributed by atoms with Crippen LogP contribution in [0.25, 0.3) is 0 Å². The molecular formula is C19H29NO2Si. The molecule has 2 rings (SSSR count). The van der Waals surface area contributed by atoms with Gasteiger partial charge in [0.25, 0.3) is 0 Å². The predicted molar refractivity (Wildman–Crippen MR) is 99.2 cm³/mol. The van der Waals surface area contributed by atoms with Crippen LogP contribution in [-0.4, -0.2) is 20.1 Å². The van der Waals surface area contributed by atoms with Crippen LogP contribution in [0, 0.1) is 0 Å². The summed E-state index contributed by atoms with van der Waals surface area (Å²) < 4.78 is 6.41. The fourth-order valence-corrected chi connectivity index (χ4v) is 3.71. The molecule has 0 spiro atoms. The molecule has 23 heavy (non-hydrogen) atoms. The van der Waals surface area contributed by atoms with Gasteiger partial charge in [-0.2, -0.15) is 0 Å². The summed E-state index contributed by atoms with van der Waals surface area (Å²) in [5.41, 5.74) is 2.21. The van der Waals surface area contributed by atoms with Gasteiger partial charge in [-0.05, 0) is 50.9 Å². The van der Waals surface area contributed by atoms with E-state index in [1.165, 1.54) is 12.0 Å². The van der Waals surface area contributed by atoms with Crippen molar-refractivity contribution in [1.29, 1.82) is 0 Å². The van der Waals surface area contributed by atoms with Gasteiger partial charge < -0.3 is 9.26 Å². The van der Waals surface area contributed by atoms with Crippen molar-refractivity contribution >= 4 is 14.0 Å². The second-order valence-electron chi connectivity index (χ2n) is 7.11. The molecular weight excluding hydrogens is 302 g/mol. The Labute approximate surface area is 141 Å². The molecule has 2 atom stereocenters. The van der Waals surface area contributed by atoms with Gasteiger partial charge in [-0.25, -0.2) is 0 Å². The van der Waals surface area contributed by atoms with E-state index in [0.29, 0.717) is 0 Å². The fourth-order valence-electron chi connectivity index (χ4n) is 2.73. The smallest absolute Gasteiger partial charge is 0.185 e. The van der Waals surface area contributed by atoms with Crippen LogP contribution < -0.4 is 0 Å². The van der Waals surface area contributed by atoms with E-state index in [2.05, 4.69) is 55.6 Å². The molecule has 0 saturated carbocycles. The van der Waals surface area contributed by atoms with Crippen molar-refractivity contribution in [2.24, 2.45) is 5.16 Å². The van der Waals surface area contributed by atoms with Gasteiger partial charge in [-0.1, -0.05) is 41.6 Å². The lowest BCUT2D eigenvalue weighted by atomic mass is 9.99. The minimum absolute atomic E-state index is 0.0685. The summed E-state index contributed by atoms with van der Waals surface area (Å²) in [4.78, 5) is 5.66. The van der Waals surface area contributed by atoms with Crippen LogP contribution >= 0.6 is 0 Å². The molecule has 1 aromatic carbocycles. The molecule has 1 aliphatic rings. The Morgan fingerprint density at radius 3 is 2.70 bits per heavy atom. The van der Waals surface area contributed by atoms with Crippen LogP contribution in [0.2, 0.25) is 19.6 Å². The Hall–Kier alpha value is -1.39. The molecule has 4 heteroatoms. The van der Waals surface area contributed by atoms with E-state index < -0.39 is 8.32 Å². The van der Waals surface area contributed by atoms with Gasteiger partial charge in [0.1, 0.15) is 12.2 Å². The largest absolute Gasteiger partial charge is 0.405 e. The van der Waals surface area contributed by atoms with Crippen molar-refractivity contribution in [2.75, 3.05) is 0 Å². The van der Waals surface area contributed by atoms with Crippen LogP contribution in [0.15, 0.2) is 48.1 Å². The summed E-state index contributed by atoms with van der Waals surface area (Å²) in [6.07, 6.45) is 7.44. The minimum Gasteiger partial charge on any atom is -0.405 e. The third kappa shape index (κ3) is 5.96. The lowest BCUT2D eigenvalue weighted by molar-refractivity contribution is 0.0771. The first kappa shape index (κ1) is 18.0. The molecule has 1 aromatic rings. The SMILES string of the molecule is C=CCCCCC1CC(C(O[Si](C)(C)C)c2ccccc2)=NO1. The number of nitrogens with zero attached hydrogens (tertiary/aromatic N) is 1. The first-order valence-electron chi connectivity index (χ1n) is 8.56. The standard InChI is InChI=1S/C19H29NO2Si/c1-5-6-7-11-14-17-15-18(20-21-17)19(22-23(2,3)4)16-12-9-8-10-13-16/h5,8-10,12-13,17,19H,1,6-7,11,14-15H2,2-4H3. The van der Waals surface area contributed by atoms with Crippen LogP contribution in [0.3, 0.4) is 0 Å². The number of unbranched alkanes of at least 4 members (excludes halogenated alkanes) is 2. The molecule has 0 radical (unpaired) electrons. The van der Waals surface area contributed by atoms with E-state index in [4.69, 9.17) is 9.26 Å². The van der Waals surface area contributed by atoms with E-state index >= 15 is 0 Å². The predicted octanol–water partition coefficient (Wildman–Crippen LogP) is 5.47. The van der Waals surface area contributed by atoms with Crippen LogP contribution in [0.4, 0.5) is 0 Å². The molecule has 126 valence electrons. The third-order valence-corrected chi connectivity index (χ3v) is 4.76. The van der Waals surface area contributed by atoms with Crippen LogP contribution in [0.1, 0.15) is 43.8 Å². The van der Waals surface area contributed by atoms with Gasteiger partial charge in [0.2, 0.25) is 0 Å². The molecule has 2 unspecified atom stereocenters. The van der Waals surface area contributed by atoms with Crippen molar-refractivity contribution < 1.29 is 9.26 Å². The summed E-state index contributed by atoms with van der Waals surface area (Å²) in [7, 11) is -1.68. The lowest BCUT2D eigenvalue weighted by Crippen LogP contribution is -2.31. The van der Waals surface area contributed by atoms with E-state index in [0.717, 1.165) is 31.4 Å². The molecule has 0 saturated heterocycles. The Bertz CT molecular complexity index is 522. The van der Waals surface area contributed by atoms with Gasteiger partial charge in [-0.3, -0.25) is 0 Å². The summed E-state index contributed by atoms with van der Waals surface area (Å²) >= 11 is 0. The first-order chi connectivity index (χ1) is 11.0. The number of benzene rings is 1. The summed E-state index contributed by atoms with van der Waals surface area (Å²) in [5, 5.41) is 4.37. The fraction of sp³-hybridized carbons (Fsp3) is 0.526. The maximum Gasteiger partial charge on any atom is 0.185 e. The van der Waals surface area contributed by atoms with Gasteiger partial charge in [0, 0.05) is 6.42 Å². The average Bonchev–Trinajstić information content (AvgIpc) is 2.98. The van der Waals surface area contributed by atoms with E-state index in [9.17, 15) is 0 Å². The second kappa shape index (κ2) is 8.46. The highest BCUT2D eigenvalue weighted by Crippen LogP contribution is 2.30. The number of allylic oxidation sites excluding steroid dienone is 1. The van der Waals surface area contributed by atoms with E-state index in [1.807, 2.05) is 12.1 Å². The Morgan fingerprint density at radius 1 is 1.30 bits per heavy atom. The zero-order chi connectivity index (χ0) is 16.7. The summed E-state index contributed by atoms with van der Waals surface area (Å²) in [6, 6.07) is 10.4. The molecule has 0 bridgehead atoms. The van der Waals surface area contributed by atoms with Crippen molar-refractivity contribution in [3.8, 4) is 0 Å². The van der Waals surface area contributed by atoms with Crippen molar-refractivity contribution in [3.63, 3.8) is 0 Å². The van der Waals surface area contributed by atoms with Crippen molar-refractivity contribution in [3.05, 3.63) is 48.6 Å². The average molecular weight is 332 g/mol. The third-order valence-electron chi connectivity index (χ3n) is 3.82. The minimum atomic E-state index is -1.68. The number of hydrogen-bond donors (Lipinski definition) is 0. The molecule has 0 aromatic heterocycles. The van der Waals surface area contributed by atoms with Crippen molar-refractivity contribution in [1.82, 2.24) is 0 Å². The molecule has 1 heterocycles. The topological polar surface area (TPSA) is 30.8 Å². The molecule has 0 N–H and O–H groups in total. The molecule has 1 aliphatic heterocycles. The maximum absolute atomic E-state index is 6.41. The highest BCUT2D eigenvalue weighted by Gasteiger charge is 2.32. The van der Waals surface area contributed by atoms with E-state index in [-0.39, 0.29) is 12.2 Å². The highest BCUT2D eigenvalue weighted by molar-refractivity contribution is 6.69. The Morgan fingerprint density at radius 2 is 2.04 bits per heavy atom. The highest BCUT2D eigenvalue weighted by atomic mass is 28.4. The summed E-state index contributed by atoms with van der Waals surface area (Å²) in [5.74, 6) is 0. The lowest BCUT2D eigenvalue weighted by Gasteiger charge is -2.26. The van der Waals surface area contributed by atoms with Crippen LogP contribution in [-0.2, 0) is 9.26 Å². The monoisotopic (exact) mass is 331 g/mol. The zero-order valence-electron chi connectivity index (χ0n) is 14.6. The Balaban J connectivity index is 1.99. The van der Waals surface area contributed by atoms with Gasteiger partial charge in [0.15, 0.2) is 8.32 Å². The maximum atomic E-state index is 6.41. The first-order valence-corrected chi connectivity index (χ1v) is 12.0. The van der Waals surface area contributed by atoms with Gasteiger partial charge >= 0.3 is 0 Å². The molecule has 0 amide bonds. The van der Waals surface area contributed by atoms with Gasteiger partial charge in [0.05, 0.1) is 5.71 Å². The number of rotatable bonds is 9. The van der Waals surface area contributed by atoms with Gasteiger partial charge in [-0.15, -0.1) is 6.58 Å². The molecule has 0 aliphatic carbocycles. The second-order valence-corrected chi connectivity index (χ2v) is 11.6. The molecule has 0 fully saturated rings. The summed E-state index contributed by atoms with van der Waals surface area (Å²) in [6.45, 7) is 10.4. The van der Waals surface area contributed by atoms with Crippen LogP contribution in [0.5, 0.6) is 0 Å². The van der Waals surface area contributed by atoms with Crippen molar-refractivity contribution in [2.45, 2.75) is 64.0 Å². The Kier molecular flexibility index (Phi) is 6.60.